The van der Waals surface area contributed by atoms with E-state index >= 15 is 0 Å². The summed E-state index contributed by atoms with van der Waals surface area (Å²) in [5, 5.41) is 10.6. The topological polar surface area (TPSA) is 69.5 Å². The van der Waals surface area contributed by atoms with Crippen molar-refractivity contribution in [1.82, 2.24) is 0 Å². The van der Waals surface area contributed by atoms with Crippen LogP contribution in [0.15, 0.2) is 4.99 Å². The van der Waals surface area contributed by atoms with Crippen molar-refractivity contribution in [2.45, 2.75) is 63.7 Å². The summed E-state index contributed by atoms with van der Waals surface area (Å²) in [7, 11) is 0. The van der Waals surface area contributed by atoms with Crippen LogP contribution in [-0.2, 0) is 18.9 Å². The number of aliphatic hydroxyl groups excluding tert-OH is 1. The van der Waals surface area contributed by atoms with E-state index in [0.717, 1.165) is 0 Å². The van der Waals surface area contributed by atoms with Gasteiger partial charge in [-0.1, -0.05) is 0 Å². The number of rotatable bonds is 5. The maximum Gasteiger partial charge on any atom is 0.164 e. The molecule has 0 unspecified atom stereocenters. The lowest BCUT2D eigenvalue weighted by Crippen LogP contribution is -2.45. The third-order valence-electron chi connectivity index (χ3n) is 3.39. The predicted molar refractivity (Wildman–Crippen MR) is 81.9 cm³/mol. The normalized spacial score (nSPS) is 36.4. The number of hydrogen-bond donors (Lipinski definition) is 2. The van der Waals surface area contributed by atoms with E-state index in [1.165, 1.54) is 0 Å². The SMILES string of the molecule is CC1(C)O[C@@H]([C@H](O)[C@H]2COC(C)(C)O2)[C@@H](C=NCCS)O1. The van der Waals surface area contributed by atoms with Crippen LogP contribution in [0.3, 0.4) is 0 Å². The zero-order valence-corrected chi connectivity index (χ0v) is 13.9. The number of aliphatic imine (C=N–C) groups is 1. The highest BCUT2D eigenvalue weighted by Crippen LogP contribution is 2.33. The maximum absolute atomic E-state index is 10.6. The molecule has 2 rings (SSSR count). The first-order valence-corrected chi connectivity index (χ1v) is 7.84. The molecule has 0 amide bonds. The number of hydrogen-bond acceptors (Lipinski definition) is 7. The Labute approximate surface area is 131 Å². The Hall–Kier alpha value is -0.180. The second kappa shape index (κ2) is 6.52. The summed E-state index contributed by atoms with van der Waals surface area (Å²) in [4.78, 5) is 4.24. The molecule has 0 radical (unpaired) electrons. The molecule has 0 aromatic rings. The molecule has 0 bridgehead atoms. The van der Waals surface area contributed by atoms with E-state index in [0.29, 0.717) is 18.9 Å². The van der Waals surface area contributed by atoms with Gasteiger partial charge in [0.15, 0.2) is 11.6 Å². The number of nitrogens with zero attached hydrogens (tertiary/aromatic N) is 1. The second-order valence-corrected chi connectivity index (χ2v) is 6.65. The van der Waals surface area contributed by atoms with Crippen LogP contribution >= 0.6 is 12.6 Å². The lowest BCUT2D eigenvalue weighted by atomic mass is 10.0. The van der Waals surface area contributed by atoms with Crippen LogP contribution in [0.1, 0.15) is 27.7 Å². The minimum absolute atomic E-state index is 0.328. The van der Waals surface area contributed by atoms with Crippen LogP contribution in [0.25, 0.3) is 0 Å². The summed E-state index contributed by atoms with van der Waals surface area (Å²) in [5.41, 5.74) is 0. The highest BCUT2D eigenvalue weighted by atomic mass is 32.1. The molecule has 7 heteroatoms. The fourth-order valence-electron chi connectivity index (χ4n) is 2.53. The van der Waals surface area contributed by atoms with Gasteiger partial charge >= 0.3 is 0 Å². The van der Waals surface area contributed by atoms with Crippen LogP contribution < -0.4 is 0 Å². The van der Waals surface area contributed by atoms with Crippen molar-refractivity contribution in [1.29, 1.82) is 0 Å². The van der Waals surface area contributed by atoms with Crippen LogP contribution in [0.5, 0.6) is 0 Å². The summed E-state index contributed by atoms with van der Waals surface area (Å²) in [6.45, 7) is 8.20. The summed E-state index contributed by atoms with van der Waals surface area (Å²) < 4.78 is 22.8. The van der Waals surface area contributed by atoms with Crippen molar-refractivity contribution in [3.05, 3.63) is 0 Å². The first-order chi connectivity index (χ1) is 9.74. The molecule has 0 spiro atoms. The third-order valence-corrected chi connectivity index (χ3v) is 3.59. The first-order valence-electron chi connectivity index (χ1n) is 7.20. The van der Waals surface area contributed by atoms with Gasteiger partial charge in [-0.3, -0.25) is 4.99 Å². The zero-order chi connectivity index (χ0) is 15.7. The Bertz CT molecular complexity index is 388. The number of aliphatic hydroxyl groups is 1. The molecule has 6 nitrogen and oxygen atoms in total. The standard InChI is InChI=1S/C14H25NO5S/c1-13(2)17-8-10(19-13)11(16)12-9(7-15-5-6-21)18-14(3,4)20-12/h7,9-12,16,21H,5-6,8H2,1-4H3/t9-,10-,11-,12-/m1/s1. The molecule has 0 aliphatic carbocycles. The molecule has 122 valence electrons. The van der Waals surface area contributed by atoms with Crippen LogP contribution in [0.2, 0.25) is 0 Å². The molecule has 0 saturated carbocycles. The predicted octanol–water partition coefficient (Wildman–Crippen LogP) is 1.02. The Balaban J connectivity index is 2.04. The maximum atomic E-state index is 10.6. The molecule has 2 aliphatic rings. The quantitative estimate of drug-likeness (QED) is 0.585. The van der Waals surface area contributed by atoms with Gasteiger partial charge in [0, 0.05) is 18.5 Å². The van der Waals surface area contributed by atoms with Gasteiger partial charge in [0.2, 0.25) is 0 Å². The summed E-state index contributed by atoms with van der Waals surface area (Å²) in [6.07, 6.45) is -0.558. The highest BCUT2D eigenvalue weighted by molar-refractivity contribution is 7.80. The Morgan fingerprint density at radius 3 is 2.52 bits per heavy atom. The number of ether oxygens (including phenoxy) is 4. The zero-order valence-electron chi connectivity index (χ0n) is 13.0. The molecule has 2 heterocycles. The molecule has 4 atom stereocenters. The Morgan fingerprint density at radius 1 is 1.24 bits per heavy atom. The lowest BCUT2D eigenvalue weighted by molar-refractivity contribution is -0.178. The van der Waals surface area contributed by atoms with Crippen LogP contribution in [0.4, 0.5) is 0 Å². The van der Waals surface area contributed by atoms with E-state index in [9.17, 15) is 5.11 Å². The molecule has 0 aromatic heterocycles. The fraction of sp³-hybridized carbons (Fsp3) is 0.929. The minimum atomic E-state index is -0.846. The highest BCUT2D eigenvalue weighted by Gasteiger charge is 2.49. The van der Waals surface area contributed by atoms with Gasteiger partial charge < -0.3 is 24.1 Å². The first kappa shape index (κ1) is 17.2. The van der Waals surface area contributed by atoms with Gasteiger partial charge in [0.05, 0.1) is 6.61 Å². The van der Waals surface area contributed by atoms with Crippen LogP contribution in [-0.4, -0.2) is 66.2 Å². The molecule has 1 N–H and O–H groups in total. The summed E-state index contributed by atoms with van der Waals surface area (Å²) in [6, 6.07) is 0. The van der Waals surface area contributed by atoms with Crippen molar-refractivity contribution < 1.29 is 24.1 Å². The Morgan fingerprint density at radius 2 is 1.95 bits per heavy atom. The molecule has 21 heavy (non-hydrogen) atoms. The molecule has 0 aromatic carbocycles. The van der Waals surface area contributed by atoms with Crippen molar-refractivity contribution in [3.63, 3.8) is 0 Å². The van der Waals surface area contributed by atoms with Crippen molar-refractivity contribution in [2.24, 2.45) is 4.99 Å². The van der Waals surface area contributed by atoms with E-state index < -0.39 is 36.0 Å². The molecule has 2 aliphatic heterocycles. The molecule has 2 fully saturated rings. The fourth-order valence-corrected chi connectivity index (χ4v) is 2.64. The van der Waals surface area contributed by atoms with Gasteiger partial charge in [-0.25, -0.2) is 0 Å². The average molecular weight is 319 g/mol. The summed E-state index contributed by atoms with van der Waals surface area (Å²) in [5.74, 6) is -0.789. The van der Waals surface area contributed by atoms with Gasteiger partial charge in [0.1, 0.15) is 24.4 Å². The van der Waals surface area contributed by atoms with Gasteiger partial charge in [-0.05, 0) is 27.7 Å². The van der Waals surface area contributed by atoms with E-state index in [-0.39, 0.29) is 0 Å². The largest absolute Gasteiger partial charge is 0.387 e. The monoisotopic (exact) mass is 319 g/mol. The van der Waals surface area contributed by atoms with Gasteiger partial charge in [-0.2, -0.15) is 12.6 Å². The van der Waals surface area contributed by atoms with Crippen molar-refractivity contribution in [2.75, 3.05) is 18.9 Å². The lowest BCUT2D eigenvalue weighted by Gasteiger charge is -2.26. The molecular weight excluding hydrogens is 294 g/mol. The number of thiol groups is 1. The average Bonchev–Trinajstić information content (AvgIpc) is 2.88. The van der Waals surface area contributed by atoms with Crippen molar-refractivity contribution in [3.8, 4) is 0 Å². The van der Waals surface area contributed by atoms with Crippen molar-refractivity contribution >= 4 is 18.8 Å². The van der Waals surface area contributed by atoms with E-state index in [2.05, 4.69) is 17.6 Å². The second-order valence-electron chi connectivity index (χ2n) is 6.20. The third kappa shape index (κ3) is 4.40. The van der Waals surface area contributed by atoms with Gasteiger partial charge in [-0.15, -0.1) is 0 Å². The van der Waals surface area contributed by atoms with E-state index in [1.807, 2.05) is 27.7 Å². The van der Waals surface area contributed by atoms with Crippen LogP contribution in [0, 0.1) is 0 Å². The van der Waals surface area contributed by atoms with Gasteiger partial charge in [0.25, 0.3) is 0 Å². The van der Waals surface area contributed by atoms with E-state index in [1.54, 1.807) is 6.21 Å². The Kier molecular flexibility index (Phi) is 5.33. The molecular formula is C14H25NO5S. The van der Waals surface area contributed by atoms with E-state index in [4.69, 9.17) is 18.9 Å². The minimum Gasteiger partial charge on any atom is -0.387 e. The summed E-state index contributed by atoms with van der Waals surface area (Å²) >= 11 is 4.11. The smallest absolute Gasteiger partial charge is 0.164 e. The molecule has 2 saturated heterocycles.